The maximum atomic E-state index is 12.1. The highest BCUT2D eigenvalue weighted by Gasteiger charge is 2.24. The van der Waals surface area contributed by atoms with Crippen molar-refractivity contribution in [1.82, 2.24) is 10.3 Å². The van der Waals surface area contributed by atoms with Crippen LogP contribution in [0.25, 0.3) is 0 Å². The molecule has 20 heavy (non-hydrogen) atoms. The van der Waals surface area contributed by atoms with Gasteiger partial charge in [-0.2, -0.15) is 0 Å². The van der Waals surface area contributed by atoms with E-state index in [0.717, 1.165) is 5.01 Å². The molecule has 0 aliphatic heterocycles. The molecule has 0 spiro atoms. The van der Waals surface area contributed by atoms with E-state index in [1.54, 1.807) is 14.0 Å². The summed E-state index contributed by atoms with van der Waals surface area (Å²) in [5, 5.41) is 13.5. The van der Waals surface area contributed by atoms with Gasteiger partial charge in [0.05, 0.1) is 11.8 Å². The molecule has 0 saturated carbocycles. The van der Waals surface area contributed by atoms with Crippen LogP contribution in [0.15, 0.2) is 0 Å². The van der Waals surface area contributed by atoms with Crippen LogP contribution in [0.4, 0.5) is 0 Å². The lowest BCUT2D eigenvalue weighted by Gasteiger charge is -2.25. The van der Waals surface area contributed by atoms with Crippen LogP contribution in [0, 0.1) is 12.3 Å². The summed E-state index contributed by atoms with van der Waals surface area (Å²) < 4.78 is 5.20. The highest BCUT2D eigenvalue weighted by molar-refractivity contribution is 7.13. The summed E-state index contributed by atoms with van der Waals surface area (Å²) in [5.74, 6) is -0.196. The summed E-state index contributed by atoms with van der Waals surface area (Å²) in [5.41, 5.74) is 0.433. The minimum atomic E-state index is -0.586. The minimum Gasteiger partial charge on any atom is -0.391 e. The van der Waals surface area contributed by atoms with Crippen molar-refractivity contribution in [2.24, 2.45) is 5.41 Å². The number of aliphatic hydroxyl groups is 1. The number of nitrogens with zero attached hydrogens (tertiary/aromatic N) is 1. The number of methoxy groups -OCH3 is 1. The first-order valence-corrected chi connectivity index (χ1v) is 7.44. The second-order valence-corrected chi connectivity index (χ2v) is 6.97. The third-order valence-corrected chi connectivity index (χ3v) is 4.49. The molecule has 1 aromatic rings. The lowest BCUT2D eigenvalue weighted by Crippen LogP contribution is -2.39. The monoisotopic (exact) mass is 300 g/mol. The number of aryl methyl sites for hydroxylation is 1. The van der Waals surface area contributed by atoms with Gasteiger partial charge >= 0.3 is 0 Å². The van der Waals surface area contributed by atoms with E-state index >= 15 is 0 Å². The smallest absolute Gasteiger partial charge is 0.263 e. The number of thiazole rings is 1. The van der Waals surface area contributed by atoms with Crippen molar-refractivity contribution < 1.29 is 14.6 Å². The van der Waals surface area contributed by atoms with Crippen LogP contribution in [-0.2, 0) is 4.74 Å². The molecule has 0 bridgehead atoms. The summed E-state index contributed by atoms with van der Waals surface area (Å²) in [7, 11) is 1.61. The first-order chi connectivity index (χ1) is 9.16. The van der Waals surface area contributed by atoms with E-state index in [4.69, 9.17) is 4.74 Å². The standard InChI is InChI=1S/C14H24N2O3S/c1-8-11(20-13(16-8)9(2)19-6)12(18)15-7-10(17)14(3,4)5/h9-10,17H,7H2,1-6H3,(H,15,18). The molecular weight excluding hydrogens is 276 g/mol. The zero-order valence-corrected chi connectivity index (χ0v) is 13.8. The van der Waals surface area contributed by atoms with Crippen molar-refractivity contribution in [2.45, 2.75) is 46.8 Å². The van der Waals surface area contributed by atoms with E-state index in [2.05, 4.69) is 10.3 Å². The second-order valence-electron chi connectivity index (χ2n) is 5.94. The van der Waals surface area contributed by atoms with Gasteiger partial charge in [-0.05, 0) is 19.3 Å². The maximum absolute atomic E-state index is 12.1. The van der Waals surface area contributed by atoms with Gasteiger partial charge in [0, 0.05) is 13.7 Å². The summed E-state index contributed by atoms with van der Waals surface area (Å²) in [6.07, 6.45) is -0.711. The van der Waals surface area contributed by atoms with E-state index in [1.165, 1.54) is 11.3 Å². The molecular formula is C14H24N2O3S. The summed E-state index contributed by atoms with van der Waals surface area (Å²) in [6.45, 7) is 9.72. The fourth-order valence-corrected chi connectivity index (χ4v) is 2.49. The van der Waals surface area contributed by atoms with Gasteiger partial charge < -0.3 is 15.2 Å². The number of carbonyl (C=O) groups is 1. The molecule has 0 radical (unpaired) electrons. The molecule has 0 aliphatic rings. The number of amides is 1. The quantitative estimate of drug-likeness (QED) is 0.875. The molecule has 6 heteroatoms. The van der Waals surface area contributed by atoms with Crippen molar-refractivity contribution >= 4 is 17.2 Å². The van der Waals surface area contributed by atoms with E-state index in [9.17, 15) is 9.90 Å². The maximum Gasteiger partial charge on any atom is 0.263 e. The number of nitrogens with one attached hydrogen (secondary N) is 1. The average Bonchev–Trinajstić information content (AvgIpc) is 2.75. The molecule has 0 fully saturated rings. The van der Waals surface area contributed by atoms with Crippen molar-refractivity contribution in [3.8, 4) is 0 Å². The van der Waals surface area contributed by atoms with Gasteiger partial charge in [0.2, 0.25) is 0 Å². The largest absolute Gasteiger partial charge is 0.391 e. The van der Waals surface area contributed by atoms with Crippen LogP contribution in [0.1, 0.15) is 54.2 Å². The molecule has 0 aromatic carbocycles. The fourth-order valence-electron chi connectivity index (χ4n) is 1.48. The van der Waals surface area contributed by atoms with Crippen LogP contribution < -0.4 is 5.32 Å². The Morgan fingerprint density at radius 3 is 2.60 bits per heavy atom. The second kappa shape index (κ2) is 6.65. The molecule has 1 aromatic heterocycles. The fraction of sp³-hybridized carbons (Fsp3) is 0.714. The van der Waals surface area contributed by atoms with Gasteiger partial charge in [0.25, 0.3) is 5.91 Å². The first kappa shape index (κ1) is 17.1. The van der Waals surface area contributed by atoms with Crippen LogP contribution in [-0.4, -0.2) is 35.8 Å². The molecule has 2 N–H and O–H groups in total. The number of carbonyl (C=O) groups excluding carboxylic acids is 1. The van der Waals surface area contributed by atoms with Crippen LogP contribution in [0.2, 0.25) is 0 Å². The molecule has 1 heterocycles. The number of hydrogen-bond acceptors (Lipinski definition) is 5. The molecule has 114 valence electrons. The minimum absolute atomic E-state index is 0.125. The summed E-state index contributed by atoms with van der Waals surface area (Å²) in [4.78, 5) is 17.1. The van der Waals surface area contributed by atoms with Gasteiger partial charge in [0.1, 0.15) is 16.0 Å². The van der Waals surface area contributed by atoms with Crippen LogP contribution in [0.5, 0.6) is 0 Å². The lowest BCUT2D eigenvalue weighted by atomic mass is 9.89. The number of aliphatic hydroxyl groups excluding tert-OH is 1. The molecule has 2 unspecified atom stereocenters. The topological polar surface area (TPSA) is 71.5 Å². The van der Waals surface area contributed by atoms with Gasteiger partial charge in [-0.15, -0.1) is 11.3 Å². The number of rotatable bonds is 5. The third-order valence-electron chi connectivity index (χ3n) is 3.18. The van der Waals surface area contributed by atoms with E-state index in [0.29, 0.717) is 10.6 Å². The SMILES string of the molecule is COC(C)c1nc(C)c(C(=O)NCC(O)C(C)(C)C)s1. The van der Waals surface area contributed by atoms with Gasteiger partial charge in [0.15, 0.2) is 0 Å². The molecule has 1 rings (SSSR count). The van der Waals surface area contributed by atoms with Gasteiger partial charge in [-0.1, -0.05) is 20.8 Å². The molecule has 0 aliphatic carbocycles. The Bertz CT molecular complexity index is 465. The van der Waals surface area contributed by atoms with E-state index in [-0.39, 0.29) is 24.0 Å². The van der Waals surface area contributed by atoms with Gasteiger partial charge in [-0.25, -0.2) is 4.98 Å². The third kappa shape index (κ3) is 4.26. The van der Waals surface area contributed by atoms with Crippen molar-refractivity contribution in [3.63, 3.8) is 0 Å². The summed E-state index contributed by atoms with van der Waals surface area (Å²) >= 11 is 1.33. The summed E-state index contributed by atoms with van der Waals surface area (Å²) in [6, 6.07) is 0. The van der Waals surface area contributed by atoms with Gasteiger partial charge in [-0.3, -0.25) is 4.79 Å². The van der Waals surface area contributed by atoms with Crippen LogP contribution >= 0.6 is 11.3 Å². The number of ether oxygens (including phenoxy) is 1. The Hall–Kier alpha value is -0.980. The van der Waals surface area contributed by atoms with Crippen molar-refractivity contribution in [3.05, 3.63) is 15.6 Å². The Labute approximate surface area is 124 Å². The molecule has 2 atom stereocenters. The van der Waals surface area contributed by atoms with Crippen molar-refractivity contribution in [1.29, 1.82) is 0 Å². The lowest BCUT2D eigenvalue weighted by molar-refractivity contribution is 0.0588. The van der Waals surface area contributed by atoms with Crippen LogP contribution in [0.3, 0.4) is 0 Å². The number of aromatic nitrogens is 1. The van der Waals surface area contributed by atoms with Crippen molar-refractivity contribution in [2.75, 3.05) is 13.7 Å². The Kier molecular flexibility index (Phi) is 5.68. The predicted octanol–water partition coefficient (Wildman–Crippen LogP) is 2.30. The highest BCUT2D eigenvalue weighted by atomic mass is 32.1. The zero-order valence-electron chi connectivity index (χ0n) is 13.0. The normalized spacial score (nSPS) is 14.9. The predicted molar refractivity (Wildman–Crippen MR) is 80.1 cm³/mol. The molecule has 1 amide bonds. The Morgan fingerprint density at radius 2 is 2.10 bits per heavy atom. The highest BCUT2D eigenvalue weighted by Crippen LogP contribution is 2.25. The Morgan fingerprint density at radius 1 is 1.50 bits per heavy atom. The van der Waals surface area contributed by atoms with E-state index in [1.807, 2.05) is 27.7 Å². The Balaban J connectivity index is 2.71. The molecule has 5 nitrogen and oxygen atoms in total. The number of hydrogen-bond donors (Lipinski definition) is 2. The zero-order chi connectivity index (χ0) is 15.5. The molecule has 0 saturated heterocycles. The average molecular weight is 300 g/mol. The van der Waals surface area contributed by atoms with E-state index < -0.39 is 6.10 Å². The first-order valence-electron chi connectivity index (χ1n) is 6.63.